The molecule has 1 aromatic heterocycles. The van der Waals surface area contributed by atoms with Gasteiger partial charge in [0.25, 0.3) is 0 Å². The van der Waals surface area contributed by atoms with Gasteiger partial charge < -0.3 is 4.57 Å². The molecule has 2 nitrogen and oxygen atoms in total. The summed E-state index contributed by atoms with van der Waals surface area (Å²) in [5.74, 6) is 1.19. The summed E-state index contributed by atoms with van der Waals surface area (Å²) in [5.41, 5.74) is 3.76. The number of fused-ring (bicyclic) bond motifs is 2. The van der Waals surface area contributed by atoms with Crippen LogP contribution in [0, 0.1) is 0 Å². The van der Waals surface area contributed by atoms with Crippen LogP contribution in [-0.4, -0.2) is 9.55 Å². The number of nitrogens with zero attached hydrogens (tertiary/aromatic N) is 2. The molecule has 3 aromatic carbocycles. The minimum atomic E-state index is 0. The first-order chi connectivity index (χ1) is 15.4. The second-order valence-corrected chi connectivity index (χ2v) is 8.81. The topological polar surface area (TPSA) is 17.8 Å². The Morgan fingerprint density at radius 3 is 2.16 bits per heavy atom. The SMILES string of the molecule is CCCCCCCCCCCn1c(Cc2cccc3ccccc23)nc2ccccc21.Cl. The highest BCUT2D eigenvalue weighted by Gasteiger charge is 2.12. The van der Waals surface area contributed by atoms with Crippen LogP contribution in [-0.2, 0) is 13.0 Å². The molecular weight excluding hydrogens is 412 g/mol. The third kappa shape index (κ3) is 6.13. The van der Waals surface area contributed by atoms with E-state index in [1.54, 1.807) is 0 Å². The first-order valence-electron chi connectivity index (χ1n) is 12.3. The molecule has 0 radical (unpaired) electrons. The van der Waals surface area contributed by atoms with E-state index in [-0.39, 0.29) is 12.4 Å². The number of benzene rings is 3. The monoisotopic (exact) mass is 448 g/mol. The van der Waals surface area contributed by atoms with Crippen LogP contribution in [0.3, 0.4) is 0 Å². The van der Waals surface area contributed by atoms with E-state index in [4.69, 9.17) is 4.98 Å². The lowest BCUT2D eigenvalue weighted by molar-refractivity contribution is 0.537. The Labute approximate surface area is 199 Å². The molecule has 0 aliphatic carbocycles. The molecular formula is C29H37ClN2. The van der Waals surface area contributed by atoms with Crippen LogP contribution in [0.2, 0.25) is 0 Å². The van der Waals surface area contributed by atoms with Gasteiger partial charge >= 0.3 is 0 Å². The normalized spacial score (nSPS) is 11.2. The van der Waals surface area contributed by atoms with Crippen molar-refractivity contribution < 1.29 is 0 Å². The third-order valence-electron chi connectivity index (χ3n) is 6.45. The van der Waals surface area contributed by atoms with Gasteiger partial charge in [0.2, 0.25) is 0 Å². The van der Waals surface area contributed by atoms with E-state index >= 15 is 0 Å². The van der Waals surface area contributed by atoms with E-state index in [0.29, 0.717) is 0 Å². The molecule has 4 rings (SSSR count). The van der Waals surface area contributed by atoms with Crippen LogP contribution in [0.15, 0.2) is 66.7 Å². The van der Waals surface area contributed by atoms with Gasteiger partial charge in [-0.05, 0) is 34.9 Å². The van der Waals surface area contributed by atoms with Crippen LogP contribution in [0.4, 0.5) is 0 Å². The lowest BCUT2D eigenvalue weighted by Crippen LogP contribution is -2.05. The van der Waals surface area contributed by atoms with Crippen molar-refractivity contribution in [3.8, 4) is 0 Å². The second-order valence-electron chi connectivity index (χ2n) is 8.81. The summed E-state index contributed by atoms with van der Waals surface area (Å²) in [6, 6.07) is 23.9. The molecule has 0 unspecified atom stereocenters. The Balaban J connectivity index is 0.00000289. The van der Waals surface area contributed by atoms with E-state index in [1.165, 1.54) is 85.5 Å². The van der Waals surface area contributed by atoms with Crippen molar-refractivity contribution in [2.24, 2.45) is 0 Å². The fraction of sp³-hybridized carbons (Fsp3) is 0.414. The quantitative estimate of drug-likeness (QED) is 0.198. The molecule has 0 saturated carbocycles. The summed E-state index contributed by atoms with van der Waals surface area (Å²) < 4.78 is 2.47. The zero-order valence-electron chi connectivity index (χ0n) is 19.4. The Hall–Kier alpha value is -2.32. The molecule has 0 spiro atoms. The summed E-state index contributed by atoms with van der Waals surface area (Å²) in [6.45, 7) is 3.35. The third-order valence-corrected chi connectivity index (χ3v) is 6.45. The van der Waals surface area contributed by atoms with Crippen molar-refractivity contribution in [3.05, 3.63) is 78.1 Å². The average molecular weight is 449 g/mol. The minimum absolute atomic E-state index is 0. The van der Waals surface area contributed by atoms with Gasteiger partial charge in [-0.3, -0.25) is 0 Å². The smallest absolute Gasteiger partial charge is 0.114 e. The van der Waals surface area contributed by atoms with Gasteiger partial charge in [0.1, 0.15) is 5.82 Å². The lowest BCUT2D eigenvalue weighted by Gasteiger charge is -2.11. The molecule has 0 saturated heterocycles. The number of aryl methyl sites for hydroxylation is 1. The Bertz CT molecular complexity index is 1090. The van der Waals surface area contributed by atoms with Crippen molar-refractivity contribution in [2.45, 2.75) is 77.7 Å². The van der Waals surface area contributed by atoms with E-state index < -0.39 is 0 Å². The van der Waals surface area contributed by atoms with Crippen LogP contribution in [0.1, 0.15) is 76.1 Å². The summed E-state index contributed by atoms with van der Waals surface area (Å²) in [5, 5.41) is 2.65. The van der Waals surface area contributed by atoms with Gasteiger partial charge in [-0.2, -0.15) is 0 Å². The highest BCUT2D eigenvalue weighted by atomic mass is 35.5. The van der Waals surface area contributed by atoms with Crippen molar-refractivity contribution in [1.82, 2.24) is 9.55 Å². The number of hydrogen-bond acceptors (Lipinski definition) is 1. The standard InChI is InChI=1S/C29H36N2.ClH/c1-2-3-4-5-6-7-8-9-14-22-31-28-21-13-12-20-27(28)30-29(31)23-25-18-15-17-24-16-10-11-19-26(24)25;/h10-13,15-21H,2-9,14,22-23H2,1H3;1H. The highest BCUT2D eigenvalue weighted by Crippen LogP contribution is 2.24. The molecule has 4 aromatic rings. The first kappa shape index (κ1) is 24.3. The summed E-state index contributed by atoms with van der Waals surface area (Å²) in [7, 11) is 0. The van der Waals surface area contributed by atoms with Crippen LogP contribution >= 0.6 is 12.4 Å². The zero-order valence-corrected chi connectivity index (χ0v) is 20.2. The number of halogens is 1. The number of imidazole rings is 1. The van der Waals surface area contributed by atoms with E-state index in [0.717, 1.165) is 18.5 Å². The molecule has 3 heteroatoms. The average Bonchev–Trinajstić information content (AvgIpc) is 3.15. The van der Waals surface area contributed by atoms with Crippen LogP contribution in [0.5, 0.6) is 0 Å². The maximum absolute atomic E-state index is 5.03. The Morgan fingerprint density at radius 1 is 0.688 bits per heavy atom. The molecule has 0 bridgehead atoms. The van der Waals surface area contributed by atoms with E-state index in [9.17, 15) is 0 Å². The lowest BCUT2D eigenvalue weighted by atomic mass is 10.0. The molecule has 0 amide bonds. The molecule has 0 atom stereocenters. The summed E-state index contributed by atoms with van der Waals surface area (Å²) in [6.07, 6.45) is 13.1. The molecule has 1 heterocycles. The summed E-state index contributed by atoms with van der Waals surface area (Å²) in [4.78, 5) is 5.03. The highest BCUT2D eigenvalue weighted by molar-refractivity contribution is 5.86. The fourth-order valence-electron chi connectivity index (χ4n) is 4.71. The molecule has 32 heavy (non-hydrogen) atoms. The number of hydrogen-bond donors (Lipinski definition) is 0. The van der Waals surface area contributed by atoms with E-state index in [1.807, 2.05) is 0 Å². The first-order valence-corrected chi connectivity index (χ1v) is 12.3. The molecule has 0 aliphatic heterocycles. The van der Waals surface area contributed by atoms with Crippen LogP contribution < -0.4 is 0 Å². The minimum Gasteiger partial charge on any atom is -0.328 e. The molecule has 0 fully saturated rings. The van der Waals surface area contributed by atoms with Gasteiger partial charge in [0, 0.05) is 13.0 Å². The van der Waals surface area contributed by atoms with Crippen molar-refractivity contribution >= 4 is 34.2 Å². The van der Waals surface area contributed by atoms with Gasteiger partial charge in [-0.25, -0.2) is 4.98 Å². The molecule has 170 valence electrons. The van der Waals surface area contributed by atoms with Crippen LogP contribution in [0.25, 0.3) is 21.8 Å². The van der Waals surface area contributed by atoms with E-state index in [2.05, 4.69) is 78.2 Å². The number of aromatic nitrogens is 2. The van der Waals surface area contributed by atoms with Crippen molar-refractivity contribution in [2.75, 3.05) is 0 Å². The van der Waals surface area contributed by atoms with Gasteiger partial charge in [0.15, 0.2) is 0 Å². The number of unbranched alkanes of at least 4 members (excludes halogenated alkanes) is 8. The van der Waals surface area contributed by atoms with Gasteiger partial charge in [-0.15, -0.1) is 12.4 Å². The zero-order chi connectivity index (χ0) is 21.3. The maximum Gasteiger partial charge on any atom is 0.114 e. The second kappa shape index (κ2) is 12.6. The summed E-state index contributed by atoms with van der Waals surface area (Å²) >= 11 is 0. The maximum atomic E-state index is 5.03. The van der Waals surface area contributed by atoms with Crippen molar-refractivity contribution in [1.29, 1.82) is 0 Å². The largest absolute Gasteiger partial charge is 0.328 e. The number of para-hydroxylation sites is 2. The molecule has 0 aliphatic rings. The number of rotatable bonds is 12. The van der Waals surface area contributed by atoms with Gasteiger partial charge in [-0.1, -0.05) is 113 Å². The fourth-order valence-corrected chi connectivity index (χ4v) is 4.71. The predicted molar refractivity (Wildman–Crippen MR) is 141 cm³/mol. The molecule has 0 N–H and O–H groups in total. The van der Waals surface area contributed by atoms with Gasteiger partial charge in [0.05, 0.1) is 11.0 Å². The predicted octanol–water partition coefficient (Wildman–Crippen LogP) is 8.73. The Kier molecular flexibility index (Phi) is 9.62. The van der Waals surface area contributed by atoms with Crippen molar-refractivity contribution in [3.63, 3.8) is 0 Å². The Morgan fingerprint density at radius 2 is 1.34 bits per heavy atom.